The van der Waals surface area contributed by atoms with Crippen molar-refractivity contribution >= 4 is 33.6 Å². The molecular weight excluding hydrogens is 300 g/mol. The van der Waals surface area contributed by atoms with Crippen LogP contribution in [0.15, 0.2) is 27.8 Å². The molecule has 0 aromatic carbocycles. The normalized spacial score (nSPS) is 12.2. The monoisotopic (exact) mass is 316 g/mol. The number of pyridine rings is 1. The minimum absolute atomic E-state index is 0.0939. The van der Waals surface area contributed by atoms with Crippen LogP contribution >= 0.6 is 27.7 Å². The molecule has 94 valence electrons. The van der Waals surface area contributed by atoms with Crippen molar-refractivity contribution < 1.29 is 4.79 Å². The zero-order valence-corrected chi connectivity index (χ0v) is 12.7. The average Bonchev–Trinajstić information content (AvgIpc) is 2.33. The quantitative estimate of drug-likeness (QED) is 0.782. The molecule has 1 heterocycles. The average molecular weight is 317 g/mol. The van der Waals surface area contributed by atoms with Crippen LogP contribution in [0.4, 0.5) is 0 Å². The maximum Gasteiger partial charge on any atom is 0.235 e. The van der Waals surface area contributed by atoms with Crippen molar-refractivity contribution in [1.82, 2.24) is 9.88 Å². The maximum atomic E-state index is 12.0. The Morgan fingerprint density at radius 1 is 1.47 bits per heavy atom. The zero-order chi connectivity index (χ0) is 12.8. The van der Waals surface area contributed by atoms with Gasteiger partial charge >= 0.3 is 0 Å². The van der Waals surface area contributed by atoms with Gasteiger partial charge in [-0.1, -0.05) is 11.8 Å². The van der Waals surface area contributed by atoms with Gasteiger partial charge in [0.05, 0.1) is 10.3 Å². The summed E-state index contributed by atoms with van der Waals surface area (Å²) in [7, 11) is 0. The van der Waals surface area contributed by atoms with Crippen LogP contribution in [0.2, 0.25) is 0 Å². The van der Waals surface area contributed by atoms with Crippen molar-refractivity contribution in [2.24, 2.45) is 0 Å². The van der Waals surface area contributed by atoms with Gasteiger partial charge in [-0.25, -0.2) is 4.98 Å². The van der Waals surface area contributed by atoms with E-state index in [1.807, 2.05) is 37.8 Å². The summed E-state index contributed by atoms with van der Waals surface area (Å²) >= 11 is 4.84. The molecule has 0 unspecified atom stereocenters. The molecule has 1 aromatic heterocycles. The molecule has 0 aliphatic rings. The molecule has 0 fully saturated rings. The Morgan fingerprint density at radius 2 is 2.12 bits per heavy atom. The molecule has 1 atom stereocenters. The Balaban J connectivity index is 2.62. The minimum atomic E-state index is -0.0939. The van der Waals surface area contributed by atoms with Gasteiger partial charge in [-0.05, 0) is 48.8 Å². The van der Waals surface area contributed by atoms with E-state index in [1.165, 1.54) is 11.8 Å². The predicted octanol–water partition coefficient (Wildman–Crippen LogP) is 3.19. The summed E-state index contributed by atoms with van der Waals surface area (Å²) in [6, 6.07) is 3.85. The number of thioether (sulfide) groups is 1. The third-order valence-corrected chi connectivity index (χ3v) is 3.93. The van der Waals surface area contributed by atoms with Crippen LogP contribution in [-0.4, -0.2) is 34.1 Å². The predicted molar refractivity (Wildman–Crippen MR) is 75.2 cm³/mol. The fourth-order valence-corrected chi connectivity index (χ4v) is 2.56. The van der Waals surface area contributed by atoms with Crippen LogP contribution in [0.1, 0.15) is 20.8 Å². The van der Waals surface area contributed by atoms with Crippen LogP contribution in [0.3, 0.4) is 0 Å². The highest BCUT2D eigenvalue weighted by atomic mass is 79.9. The van der Waals surface area contributed by atoms with Crippen molar-refractivity contribution in [3.8, 4) is 0 Å². The summed E-state index contributed by atoms with van der Waals surface area (Å²) in [4.78, 5) is 18.1. The van der Waals surface area contributed by atoms with Crippen molar-refractivity contribution in [3.05, 3.63) is 22.8 Å². The molecule has 0 spiro atoms. The molecule has 0 aliphatic carbocycles. The van der Waals surface area contributed by atoms with Gasteiger partial charge in [0.2, 0.25) is 5.91 Å². The van der Waals surface area contributed by atoms with Gasteiger partial charge in [0, 0.05) is 23.8 Å². The topological polar surface area (TPSA) is 33.2 Å². The zero-order valence-electron chi connectivity index (χ0n) is 10.3. The van der Waals surface area contributed by atoms with Gasteiger partial charge in [-0.3, -0.25) is 4.79 Å². The fraction of sp³-hybridized carbons (Fsp3) is 0.500. The van der Waals surface area contributed by atoms with Gasteiger partial charge in [0.25, 0.3) is 0 Å². The lowest BCUT2D eigenvalue weighted by Crippen LogP contribution is -2.36. The highest BCUT2D eigenvalue weighted by Crippen LogP contribution is 2.23. The van der Waals surface area contributed by atoms with E-state index in [2.05, 4.69) is 20.9 Å². The molecular formula is C12H17BrN2OS. The van der Waals surface area contributed by atoms with E-state index in [-0.39, 0.29) is 11.2 Å². The smallest absolute Gasteiger partial charge is 0.235 e. The molecule has 0 bridgehead atoms. The van der Waals surface area contributed by atoms with E-state index in [9.17, 15) is 4.79 Å². The Morgan fingerprint density at radius 3 is 2.59 bits per heavy atom. The van der Waals surface area contributed by atoms with Crippen LogP contribution in [-0.2, 0) is 4.79 Å². The molecule has 1 rings (SSSR count). The first kappa shape index (κ1) is 14.5. The Hall–Kier alpha value is -0.550. The first-order valence-corrected chi connectivity index (χ1v) is 7.32. The van der Waals surface area contributed by atoms with E-state index in [1.54, 1.807) is 6.20 Å². The number of aromatic nitrogens is 1. The first-order valence-electron chi connectivity index (χ1n) is 5.65. The van der Waals surface area contributed by atoms with E-state index in [4.69, 9.17) is 0 Å². The number of nitrogens with zero attached hydrogens (tertiary/aromatic N) is 2. The number of hydrogen-bond donors (Lipinski definition) is 0. The molecule has 5 heteroatoms. The van der Waals surface area contributed by atoms with E-state index in [0.29, 0.717) is 0 Å². The minimum Gasteiger partial charge on any atom is -0.342 e. The Kier molecular flexibility index (Phi) is 5.98. The summed E-state index contributed by atoms with van der Waals surface area (Å²) in [5, 5.41) is 0.782. The molecule has 1 amide bonds. The summed E-state index contributed by atoms with van der Waals surface area (Å²) in [5.74, 6) is 0.171. The standard InChI is InChI=1S/C12H17BrN2OS/c1-4-15(5-2)12(16)9(3)17-11-7-6-10(13)8-14-11/h6-9H,4-5H2,1-3H3/t9-/m0/s1. The van der Waals surface area contributed by atoms with Gasteiger partial charge in [0.1, 0.15) is 0 Å². The van der Waals surface area contributed by atoms with Crippen molar-refractivity contribution in [3.63, 3.8) is 0 Å². The number of carbonyl (C=O) groups excluding carboxylic acids is 1. The van der Waals surface area contributed by atoms with E-state index >= 15 is 0 Å². The molecule has 0 radical (unpaired) electrons. The van der Waals surface area contributed by atoms with Gasteiger partial charge in [0.15, 0.2) is 0 Å². The summed E-state index contributed by atoms with van der Waals surface area (Å²) in [6.45, 7) is 7.43. The Labute approximate surface area is 115 Å². The highest BCUT2D eigenvalue weighted by molar-refractivity contribution is 9.10. The molecule has 0 N–H and O–H groups in total. The summed E-state index contributed by atoms with van der Waals surface area (Å²) < 4.78 is 0.949. The second kappa shape index (κ2) is 7.01. The third kappa shape index (κ3) is 4.32. The number of halogens is 1. The molecule has 0 saturated carbocycles. The van der Waals surface area contributed by atoms with Crippen molar-refractivity contribution in [2.45, 2.75) is 31.0 Å². The fourth-order valence-electron chi connectivity index (χ4n) is 1.46. The maximum absolute atomic E-state index is 12.0. The van der Waals surface area contributed by atoms with Crippen LogP contribution in [0.5, 0.6) is 0 Å². The van der Waals surface area contributed by atoms with E-state index < -0.39 is 0 Å². The largest absolute Gasteiger partial charge is 0.342 e. The molecule has 3 nitrogen and oxygen atoms in total. The summed E-state index contributed by atoms with van der Waals surface area (Å²) in [6.07, 6.45) is 1.75. The van der Waals surface area contributed by atoms with Gasteiger partial charge in [-0.2, -0.15) is 0 Å². The number of rotatable bonds is 5. The van der Waals surface area contributed by atoms with Crippen LogP contribution in [0, 0.1) is 0 Å². The molecule has 1 aromatic rings. The van der Waals surface area contributed by atoms with Crippen molar-refractivity contribution in [2.75, 3.05) is 13.1 Å². The highest BCUT2D eigenvalue weighted by Gasteiger charge is 2.19. The first-order chi connectivity index (χ1) is 8.08. The van der Waals surface area contributed by atoms with Crippen LogP contribution < -0.4 is 0 Å². The third-order valence-electron chi connectivity index (χ3n) is 2.42. The second-order valence-electron chi connectivity index (χ2n) is 3.59. The number of hydrogen-bond acceptors (Lipinski definition) is 3. The lowest BCUT2D eigenvalue weighted by Gasteiger charge is -2.22. The lowest BCUT2D eigenvalue weighted by atomic mass is 10.4. The number of amides is 1. The Bertz CT molecular complexity index is 365. The summed E-state index contributed by atoms with van der Waals surface area (Å²) in [5.41, 5.74) is 0. The number of carbonyl (C=O) groups is 1. The van der Waals surface area contributed by atoms with Gasteiger partial charge in [-0.15, -0.1) is 0 Å². The molecule has 17 heavy (non-hydrogen) atoms. The molecule has 0 saturated heterocycles. The van der Waals surface area contributed by atoms with Gasteiger partial charge < -0.3 is 4.90 Å². The van der Waals surface area contributed by atoms with Crippen LogP contribution in [0.25, 0.3) is 0 Å². The molecule has 0 aliphatic heterocycles. The lowest BCUT2D eigenvalue weighted by molar-refractivity contribution is -0.129. The van der Waals surface area contributed by atoms with Crippen molar-refractivity contribution in [1.29, 1.82) is 0 Å². The van der Waals surface area contributed by atoms with E-state index in [0.717, 1.165) is 22.6 Å². The SMILES string of the molecule is CCN(CC)C(=O)[C@H](C)Sc1ccc(Br)cn1. The second-order valence-corrected chi connectivity index (χ2v) is 5.86.